The molecule has 1 aromatic rings. The topological polar surface area (TPSA) is 152 Å². The quantitative estimate of drug-likeness (QED) is 0.261. The van der Waals surface area contributed by atoms with Crippen LogP contribution in [0.2, 0.25) is 0 Å². The molecule has 1 aliphatic rings. The molecule has 1 saturated heterocycles. The predicted molar refractivity (Wildman–Crippen MR) is 69.2 cm³/mol. The monoisotopic (exact) mass is 337 g/mol. The molecule has 1 unspecified atom stereocenters. The standard InChI is InChI=1S/C13H17NO8.Na/c15-5-8-9(16)10(17)11(18)13(21-8)22-14-7-4-2-1-3-6(7)12(19)20;/h1-4,8-11,13-18H,5H2,(H,19,20);/q;+1/p-1/t8-,9-,10+,11+,13?;/m1./s1. The molecule has 0 amide bonds. The van der Waals surface area contributed by atoms with Crippen molar-refractivity contribution in [2.24, 2.45) is 0 Å². The second kappa shape index (κ2) is 8.92. The third-order valence-electron chi connectivity index (χ3n) is 3.28. The van der Waals surface area contributed by atoms with Gasteiger partial charge in [-0.2, -0.15) is 0 Å². The van der Waals surface area contributed by atoms with Crippen LogP contribution in [0.15, 0.2) is 24.3 Å². The number of aromatic carboxylic acids is 1. The number of aliphatic hydroxyl groups is 4. The van der Waals surface area contributed by atoms with Gasteiger partial charge in [0.2, 0.25) is 6.29 Å². The molecule has 0 aliphatic carbocycles. The first-order chi connectivity index (χ1) is 10.5. The molecule has 0 bridgehead atoms. The largest absolute Gasteiger partial charge is 1.00 e. The fourth-order valence-corrected chi connectivity index (χ4v) is 2.04. The molecule has 0 spiro atoms. The van der Waals surface area contributed by atoms with E-state index in [9.17, 15) is 25.2 Å². The van der Waals surface area contributed by atoms with E-state index in [-0.39, 0.29) is 40.8 Å². The van der Waals surface area contributed by atoms with Gasteiger partial charge in [0.1, 0.15) is 24.4 Å². The van der Waals surface area contributed by atoms with Crippen LogP contribution in [0.4, 0.5) is 5.69 Å². The summed E-state index contributed by atoms with van der Waals surface area (Å²) in [7, 11) is 0. The molecule has 23 heavy (non-hydrogen) atoms. The molecule has 1 aromatic carbocycles. The molecule has 0 saturated carbocycles. The first-order valence-corrected chi connectivity index (χ1v) is 6.48. The molecule has 1 aliphatic heterocycles. The molecule has 2 rings (SSSR count). The molecule has 9 nitrogen and oxygen atoms in total. The predicted octanol–water partition coefficient (Wildman–Crippen LogP) is -5.80. The average molecular weight is 337 g/mol. The van der Waals surface area contributed by atoms with Gasteiger partial charge in [0, 0.05) is 5.56 Å². The summed E-state index contributed by atoms with van der Waals surface area (Å²) in [6.07, 6.45) is -7.24. The zero-order valence-corrected chi connectivity index (χ0v) is 14.3. The van der Waals surface area contributed by atoms with Crippen molar-refractivity contribution in [3.05, 3.63) is 29.8 Å². The number of hydrogen-bond acceptors (Lipinski definition) is 9. The van der Waals surface area contributed by atoms with Crippen LogP contribution < -0.4 is 40.1 Å². The molecule has 0 aromatic heterocycles. The number of nitrogens with one attached hydrogen (secondary N) is 1. The van der Waals surface area contributed by atoms with Crippen LogP contribution in [0.1, 0.15) is 10.4 Å². The number of carboxylic acid groups (broad SMARTS) is 1. The van der Waals surface area contributed by atoms with E-state index >= 15 is 0 Å². The minimum atomic E-state index is -1.60. The van der Waals surface area contributed by atoms with Crippen LogP contribution in [0.25, 0.3) is 0 Å². The average Bonchev–Trinajstić information content (AvgIpc) is 2.52. The van der Waals surface area contributed by atoms with E-state index in [2.05, 4.69) is 5.48 Å². The Labute approximate surface area is 153 Å². The Balaban J connectivity index is 0.00000264. The summed E-state index contributed by atoms with van der Waals surface area (Å²) in [5, 5.41) is 49.0. The first-order valence-electron chi connectivity index (χ1n) is 6.48. The summed E-state index contributed by atoms with van der Waals surface area (Å²) in [6.45, 7) is -0.597. The van der Waals surface area contributed by atoms with Crippen LogP contribution in [0.5, 0.6) is 0 Å². The minimum Gasteiger partial charge on any atom is -0.545 e. The van der Waals surface area contributed by atoms with E-state index in [1.165, 1.54) is 18.2 Å². The second-order valence-electron chi connectivity index (χ2n) is 4.75. The normalized spacial score (nSPS) is 30.3. The molecular weight excluding hydrogens is 321 g/mol. The Morgan fingerprint density at radius 2 is 1.87 bits per heavy atom. The van der Waals surface area contributed by atoms with Crippen molar-refractivity contribution < 1.29 is 69.5 Å². The molecule has 0 radical (unpaired) electrons. The number of benzene rings is 1. The minimum absolute atomic E-state index is 0. The molecule has 10 heteroatoms. The summed E-state index contributed by atoms with van der Waals surface area (Å²) >= 11 is 0. The van der Waals surface area contributed by atoms with Crippen LogP contribution in [-0.2, 0) is 9.57 Å². The zero-order valence-electron chi connectivity index (χ0n) is 12.3. The van der Waals surface area contributed by atoms with Crippen LogP contribution in [0, 0.1) is 0 Å². The Kier molecular flexibility index (Phi) is 7.87. The van der Waals surface area contributed by atoms with Crippen LogP contribution >= 0.6 is 0 Å². The Morgan fingerprint density at radius 1 is 1.22 bits per heavy atom. The van der Waals surface area contributed by atoms with Gasteiger partial charge in [-0.1, -0.05) is 18.2 Å². The number of para-hydroxylation sites is 1. The third-order valence-corrected chi connectivity index (χ3v) is 3.28. The number of rotatable bonds is 5. The van der Waals surface area contributed by atoms with Crippen molar-refractivity contribution in [2.75, 3.05) is 12.1 Å². The first kappa shape index (κ1) is 20.3. The summed E-state index contributed by atoms with van der Waals surface area (Å²) in [5.74, 6) is -1.43. The van der Waals surface area contributed by atoms with Gasteiger partial charge >= 0.3 is 29.6 Å². The number of hydrogen-bond donors (Lipinski definition) is 5. The van der Waals surface area contributed by atoms with E-state index < -0.39 is 43.3 Å². The number of carbonyl (C=O) groups excluding carboxylic acids is 1. The maximum Gasteiger partial charge on any atom is 1.00 e. The van der Waals surface area contributed by atoms with E-state index in [0.717, 1.165) is 0 Å². The van der Waals surface area contributed by atoms with Crippen LogP contribution in [0.3, 0.4) is 0 Å². The van der Waals surface area contributed by atoms with Gasteiger partial charge in [0.15, 0.2) is 0 Å². The number of carboxylic acids is 1. The van der Waals surface area contributed by atoms with E-state index in [1.54, 1.807) is 6.07 Å². The molecule has 5 atom stereocenters. The second-order valence-corrected chi connectivity index (χ2v) is 4.75. The van der Waals surface area contributed by atoms with Gasteiger partial charge in [-0.25, -0.2) is 4.84 Å². The summed E-state index contributed by atoms with van der Waals surface area (Å²) in [6, 6.07) is 5.72. The smallest absolute Gasteiger partial charge is 0.545 e. The SMILES string of the molecule is O=C([O-])c1ccccc1NOC1O[C@H](CO)[C@@H](O)[C@H](O)[C@@H]1O.[Na+]. The van der Waals surface area contributed by atoms with Gasteiger partial charge in [-0.05, 0) is 6.07 Å². The Bertz CT molecular complexity index is 528. The van der Waals surface area contributed by atoms with Gasteiger partial charge < -0.3 is 35.1 Å². The fraction of sp³-hybridized carbons (Fsp3) is 0.462. The summed E-state index contributed by atoms with van der Waals surface area (Å²) < 4.78 is 5.09. The van der Waals surface area contributed by atoms with Gasteiger partial charge in [0.25, 0.3) is 0 Å². The number of anilines is 1. The van der Waals surface area contributed by atoms with Crippen LogP contribution in [-0.4, -0.2) is 63.7 Å². The maximum atomic E-state index is 10.9. The molecular formula is C13H16NNaO8. The molecule has 5 N–H and O–H groups in total. The summed E-state index contributed by atoms with van der Waals surface area (Å²) in [4.78, 5) is 16.0. The maximum absolute atomic E-state index is 10.9. The number of carbonyl (C=O) groups is 1. The Morgan fingerprint density at radius 3 is 2.48 bits per heavy atom. The number of aliphatic hydroxyl groups excluding tert-OH is 4. The van der Waals surface area contributed by atoms with Crippen molar-refractivity contribution in [3.8, 4) is 0 Å². The third kappa shape index (κ3) is 4.63. The van der Waals surface area contributed by atoms with Gasteiger partial charge in [-0.15, -0.1) is 0 Å². The van der Waals surface area contributed by atoms with E-state index in [0.29, 0.717) is 0 Å². The van der Waals surface area contributed by atoms with Crippen molar-refractivity contribution in [3.63, 3.8) is 0 Å². The Hall–Kier alpha value is -0.750. The fourth-order valence-electron chi connectivity index (χ4n) is 2.04. The van der Waals surface area contributed by atoms with Crippen molar-refractivity contribution in [1.82, 2.24) is 0 Å². The summed E-state index contributed by atoms with van der Waals surface area (Å²) in [5.41, 5.74) is 2.18. The van der Waals surface area contributed by atoms with Crippen molar-refractivity contribution >= 4 is 11.7 Å². The van der Waals surface area contributed by atoms with Crippen molar-refractivity contribution in [2.45, 2.75) is 30.7 Å². The van der Waals surface area contributed by atoms with E-state index in [4.69, 9.17) is 14.7 Å². The molecule has 1 fully saturated rings. The van der Waals surface area contributed by atoms with Gasteiger partial charge in [0.05, 0.1) is 18.3 Å². The number of ether oxygens (including phenoxy) is 1. The van der Waals surface area contributed by atoms with Crippen molar-refractivity contribution in [1.29, 1.82) is 0 Å². The molecule has 122 valence electrons. The molecule has 1 heterocycles. The zero-order chi connectivity index (χ0) is 16.3. The van der Waals surface area contributed by atoms with E-state index in [1.807, 2.05) is 0 Å². The van der Waals surface area contributed by atoms with Gasteiger partial charge in [-0.3, -0.25) is 5.48 Å².